The van der Waals surface area contributed by atoms with Gasteiger partial charge in [-0.2, -0.15) is 0 Å². The van der Waals surface area contributed by atoms with Gasteiger partial charge < -0.3 is 14.2 Å². The van der Waals surface area contributed by atoms with E-state index in [1.807, 2.05) is 0 Å². The molecule has 0 amide bonds. The molecule has 0 aromatic rings. The maximum Gasteiger partial charge on any atom is 0.306 e. The zero-order chi connectivity index (χ0) is 46.8. The molecule has 0 heterocycles. The number of hydrogen-bond donors (Lipinski definition) is 0. The van der Waals surface area contributed by atoms with Gasteiger partial charge in [0, 0.05) is 19.3 Å². The SMILES string of the molecule is CCCCCCCCCCCCCCCCCC(=O)O[C@H](COC(=O)CCCCCCCCCCCCCCCCCCCCC(C)C)COC(=O)CCCCCCCCC(C)CC. The maximum absolute atomic E-state index is 12.8. The maximum atomic E-state index is 12.8. The normalized spacial score (nSPS) is 12.5. The van der Waals surface area contributed by atoms with Crippen LogP contribution in [0.5, 0.6) is 0 Å². The van der Waals surface area contributed by atoms with E-state index in [1.54, 1.807) is 0 Å². The number of ether oxygens (including phenoxy) is 3. The van der Waals surface area contributed by atoms with E-state index in [0.717, 1.165) is 69.6 Å². The first-order valence-electron chi connectivity index (χ1n) is 28.8. The summed E-state index contributed by atoms with van der Waals surface area (Å²) in [4.78, 5) is 38.1. The lowest BCUT2D eigenvalue weighted by Crippen LogP contribution is -2.30. The first kappa shape index (κ1) is 62.4. The zero-order valence-corrected chi connectivity index (χ0v) is 43.9. The minimum Gasteiger partial charge on any atom is -0.462 e. The molecular weight excluding hydrogens is 793 g/mol. The van der Waals surface area contributed by atoms with Crippen LogP contribution in [0.2, 0.25) is 0 Å². The van der Waals surface area contributed by atoms with Gasteiger partial charge in [-0.3, -0.25) is 14.4 Å². The van der Waals surface area contributed by atoms with Crippen LogP contribution < -0.4 is 0 Å². The Morgan fingerprint density at radius 2 is 0.594 bits per heavy atom. The third-order valence-corrected chi connectivity index (χ3v) is 13.6. The molecule has 0 aromatic heterocycles. The van der Waals surface area contributed by atoms with Crippen LogP contribution in [-0.4, -0.2) is 37.2 Å². The molecular formula is C58H112O6. The summed E-state index contributed by atoms with van der Waals surface area (Å²) in [5, 5.41) is 0. The van der Waals surface area contributed by atoms with Crippen molar-refractivity contribution in [2.24, 2.45) is 11.8 Å². The number of carbonyl (C=O) groups excluding carboxylic acids is 3. The van der Waals surface area contributed by atoms with E-state index in [0.29, 0.717) is 19.3 Å². The summed E-state index contributed by atoms with van der Waals surface area (Å²) in [6, 6.07) is 0. The highest BCUT2D eigenvalue weighted by molar-refractivity contribution is 5.71. The van der Waals surface area contributed by atoms with Gasteiger partial charge in [0.15, 0.2) is 6.10 Å². The van der Waals surface area contributed by atoms with Crippen molar-refractivity contribution >= 4 is 17.9 Å². The van der Waals surface area contributed by atoms with E-state index in [4.69, 9.17) is 14.2 Å². The molecule has 6 heteroatoms. The van der Waals surface area contributed by atoms with Gasteiger partial charge in [0.2, 0.25) is 0 Å². The third kappa shape index (κ3) is 49.8. The summed E-state index contributed by atoms with van der Waals surface area (Å²) in [5.41, 5.74) is 0. The van der Waals surface area contributed by atoms with E-state index in [1.165, 1.54) is 212 Å². The predicted octanol–water partition coefficient (Wildman–Crippen LogP) is 18.9. The van der Waals surface area contributed by atoms with E-state index < -0.39 is 6.10 Å². The van der Waals surface area contributed by atoms with Gasteiger partial charge in [-0.25, -0.2) is 0 Å². The van der Waals surface area contributed by atoms with Crippen molar-refractivity contribution in [2.75, 3.05) is 13.2 Å². The molecule has 6 nitrogen and oxygen atoms in total. The van der Waals surface area contributed by atoms with Gasteiger partial charge in [0.25, 0.3) is 0 Å². The van der Waals surface area contributed by atoms with Gasteiger partial charge in [0.1, 0.15) is 13.2 Å². The number of esters is 3. The molecule has 0 rings (SSSR count). The van der Waals surface area contributed by atoms with E-state index in [9.17, 15) is 14.4 Å². The van der Waals surface area contributed by atoms with Crippen molar-refractivity contribution in [1.29, 1.82) is 0 Å². The molecule has 0 aliphatic heterocycles. The second kappa shape index (κ2) is 50.8. The molecule has 64 heavy (non-hydrogen) atoms. The summed E-state index contributed by atoms with van der Waals surface area (Å²) in [7, 11) is 0. The molecule has 1 unspecified atom stereocenters. The van der Waals surface area contributed by atoms with Crippen molar-refractivity contribution < 1.29 is 28.6 Å². The van der Waals surface area contributed by atoms with Crippen molar-refractivity contribution in [1.82, 2.24) is 0 Å². The molecule has 0 N–H and O–H groups in total. The second-order valence-corrected chi connectivity index (χ2v) is 20.6. The monoisotopic (exact) mass is 905 g/mol. The fourth-order valence-electron chi connectivity index (χ4n) is 8.84. The minimum atomic E-state index is -0.763. The van der Waals surface area contributed by atoms with Crippen molar-refractivity contribution in [3.8, 4) is 0 Å². The van der Waals surface area contributed by atoms with E-state index in [2.05, 4.69) is 34.6 Å². The second-order valence-electron chi connectivity index (χ2n) is 20.6. The van der Waals surface area contributed by atoms with Crippen molar-refractivity contribution in [3.05, 3.63) is 0 Å². The molecule has 0 fully saturated rings. The largest absolute Gasteiger partial charge is 0.462 e. The van der Waals surface area contributed by atoms with Crippen molar-refractivity contribution in [3.63, 3.8) is 0 Å². The van der Waals surface area contributed by atoms with Gasteiger partial charge in [-0.1, -0.05) is 285 Å². The molecule has 0 spiro atoms. The van der Waals surface area contributed by atoms with E-state index in [-0.39, 0.29) is 31.1 Å². The Bertz CT molecular complexity index is 980. The predicted molar refractivity (Wildman–Crippen MR) is 275 cm³/mol. The van der Waals surface area contributed by atoms with Gasteiger partial charge in [0.05, 0.1) is 0 Å². The smallest absolute Gasteiger partial charge is 0.306 e. The van der Waals surface area contributed by atoms with Crippen LogP contribution in [0.15, 0.2) is 0 Å². The van der Waals surface area contributed by atoms with Crippen LogP contribution in [0, 0.1) is 11.8 Å². The number of unbranched alkanes of at least 4 members (excludes halogenated alkanes) is 36. The minimum absolute atomic E-state index is 0.0635. The van der Waals surface area contributed by atoms with Gasteiger partial charge >= 0.3 is 17.9 Å². The highest BCUT2D eigenvalue weighted by Crippen LogP contribution is 2.18. The number of rotatable bonds is 52. The molecule has 0 aromatic carbocycles. The Hall–Kier alpha value is -1.59. The van der Waals surface area contributed by atoms with Crippen LogP contribution in [0.3, 0.4) is 0 Å². The summed E-state index contributed by atoms with van der Waals surface area (Å²) < 4.78 is 16.9. The Labute approximate surface area is 399 Å². The summed E-state index contributed by atoms with van der Waals surface area (Å²) in [6.07, 6.45) is 53.9. The first-order valence-corrected chi connectivity index (χ1v) is 28.8. The molecule has 2 atom stereocenters. The van der Waals surface area contributed by atoms with Crippen LogP contribution in [0.25, 0.3) is 0 Å². The van der Waals surface area contributed by atoms with Crippen LogP contribution in [0.1, 0.15) is 324 Å². The average molecular weight is 906 g/mol. The lowest BCUT2D eigenvalue weighted by molar-refractivity contribution is -0.167. The average Bonchev–Trinajstić information content (AvgIpc) is 3.28. The van der Waals surface area contributed by atoms with Gasteiger partial charge in [-0.15, -0.1) is 0 Å². The lowest BCUT2D eigenvalue weighted by Gasteiger charge is -2.18. The van der Waals surface area contributed by atoms with Crippen LogP contribution in [-0.2, 0) is 28.6 Å². The Balaban J connectivity index is 4.21. The Morgan fingerprint density at radius 1 is 0.328 bits per heavy atom. The molecule has 0 bridgehead atoms. The molecule has 0 aliphatic rings. The topological polar surface area (TPSA) is 78.9 Å². The Morgan fingerprint density at radius 3 is 0.891 bits per heavy atom. The van der Waals surface area contributed by atoms with E-state index >= 15 is 0 Å². The molecule has 0 radical (unpaired) electrons. The number of carbonyl (C=O) groups is 3. The molecule has 0 aliphatic carbocycles. The van der Waals surface area contributed by atoms with Crippen LogP contribution >= 0.6 is 0 Å². The molecule has 0 saturated heterocycles. The fraction of sp³-hybridized carbons (Fsp3) is 0.948. The number of hydrogen-bond acceptors (Lipinski definition) is 6. The summed E-state index contributed by atoms with van der Waals surface area (Å²) >= 11 is 0. The highest BCUT2D eigenvalue weighted by atomic mass is 16.6. The Kier molecular flexibility index (Phi) is 49.6. The fourth-order valence-corrected chi connectivity index (χ4v) is 8.84. The first-order chi connectivity index (χ1) is 31.3. The quantitative estimate of drug-likeness (QED) is 0.0344. The molecule has 380 valence electrons. The molecule has 0 saturated carbocycles. The summed E-state index contributed by atoms with van der Waals surface area (Å²) in [6.45, 7) is 11.4. The lowest BCUT2D eigenvalue weighted by atomic mass is 10.00. The third-order valence-electron chi connectivity index (χ3n) is 13.6. The highest BCUT2D eigenvalue weighted by Gasteiger charge is 2.19. The van der Waals surface area contributed by atoms with Crippen molar-refractivity contribution in [2.45, 2.75) is 330 Å². The summed E-state index contributed by atoms with van der Waals surface area (Å²) in [5.74, 6) is 0.830. The van der Waals surface area contributed by atoms with Gasteiger partial charge in [-0.05, 0) is 31.1 Å². The van der Waals surface area contributed by atoms with Crippen LogP contribution in [0.4, 0.5) is 0 Å². The zero-order valence-electron chi connectivity index (χ0n) is 43.9. The standard InChI is InChI=1S/C58H112O6/c1-6-8-9-10-11-12-13-14-19-24-27-30-33-40-45-50-58(61)64-55(52-63-57(60)49-44-39-35-34-37-42-47-54(5)7-2)51-62-56(59)48-43-38-32-29-26-23-21-18-16-15-17-20-22-25-28-31-36-41-46-53(3)4/h53-55H,6-52H2,1-5H3/t54?,55-/m1/s1.